The molecule has 0 rings (SSSR count). The predicted molar refractivity (Wildman–Crippen MR) is 68.6 cm³/mol. The highest BCUT2D eigenvalue weighted by atomic mass is 28.4. The molecule has 0 aliphatic heterocycles. The van der Waals surface area contributed by atoms with Crippen molar-refractivity contribution < 1.29 is 9.53 Å². The normalized spacial score (nSPS) is 13.7. The van der Waals surface area contributed by atoms with E-state index in [1.807, 2.05) is 6.08 Å². The standard InChI is InChI=1S/C12H26O2Si/c1-12(2,3)15(4,5)14-11-9-7-6-8-10-13/h6,8,13H,7,9-11H2,1-5H3/b8-6+. The van der Waals surface area contributed by atoms with Crippen LogP contribution in [0, 0.1) is 0 Å². The fourth-order valence-corrected chi connectivity index (χ4v) is 2.03. The molecule has 3 heteroatoms. The highest BCUT2D eigenvalue weighted by Crippen LogP contribution is 2.36. The van der Waals surface area contributed by atoms with Gasteiger partial charge in [0.1, 0.15) is 0 Å². The van der Waals surface area contributed by atoms with Crippen molar-refractivity contribution in [2.75, 3.05) is 13.2 Å². The Balaban J connectivity index is 3.72. The quantitative estimate of drug-likeness (QED) is 0.431. The molecule has 0 aromatic heterocycles. The van der Waals surface area contributed by atoms with Gasteiger partial charge in [-0.05, 0) is 31.0 Å². The smallest absolute Gasteiger partial charge is 0.191 e. The lowest BCUT2D eigenvalue weighted by molar-refractivity contribution is 0.283. The van der Waals surface area contributed by atoms with Crippen molar-refractivity contribution in [3.05, 3.63) is 12.2 Å². The van der Waals surface area contributed by atoms with Gasteiger partial charge < -0.3 is 9.53 Å². The maximum absolute atomic E-state index is 8.55. The molecule has 0 saturated heterocycles. The molecule has 0 heterocycles. The van der Waals surface area contributed by atoms with E-state index in [1.165, 1.54) is 0 Å². The van der Waals surface area contributed by atoms with Gasteiger partial charge in [-0.15, -0.1) is 0 Å². The zero-order valence-corrected chi connectivity index (χ0v) is 11.8. The fraction of sp³-hybridized carbons (Fsp3) is 0.833. The van der Waals surface area contributed by atoms with Crippen molar-refractivity contribution in [1.29, 1.82) is 0 Å². The van der Waals surface area contributed by atoms with Gasteiger partial charge in [0.2, 0.25) is 0 Å². The zero-order valence-electron chi connectivity index (χ0n) is 10.8. The zero-order chi connectivity index (χ0) is 11.9. The maximum Gasteiger partial charge on any atom is 0.191 e. The van der Waals surface area contributed by atoms with Gasteiger partial charge >= 0.3 is 0 Å². The molecule has 1 N–H and O–H groups in total. The number of allylic oxidation sites excluding steroid dienone is 1. The molecule has 0 spiro atoms. The van der Waals surface area contributed by atoms with Gasteiger partial charge in [-0.2, -0.15) is 0 Å². The number of aliphatic hydroxyl groups is 1. The molecule has 0 aromatic rings. The Hall–Kier alpha value is -0.123. The topological polar surface area (TPSA) is 29.5 Å². The third-order valence-corrected chi connectivity index (χ3v) is 7.59. The maximum atomic E-state index is 8.55. The molecular formula is C12H26O2Si. The van der Waals surface area contributed by atoms with Crippen molar-refractivity contribution >= 4 is 8.32 Å². The van der Waals surface area contributed by atoms with Crippen molar-refractivity contribution in [3.63, 3.8) is 0 Å². The average molecular weight is 230 g/mol. The van der Waals surface area contributed by atoms with Gasteiger partial charge in [0, 0.05) is 6.61 Å². The van der Waals surface area contributed by atoms with Gasteiger partial charge in [0.05, 0.1) is 6.61 Å². The van der Waals surface area contributed by atoms with Gasteiger partial charge in [-0.25, -0.2) is 0 Å². The molecule has 0 atom stereocenters. The lowest BCUT2D eigenvalue weighted by atomic mass is 10.2. The minimum absolute atomic E-state index is 0.142. The number of hydrogen-bond acceptors (Lipinski definition) is 2. The molecular weight excluding hydrogens is 204 g/mol. The summed E-state index contributed by atoms with van der Waals surface area (Å²) >= 11 is 0. The minimum Gasteiger partial charge on any atom is -0.417 e. The molecule has 0 aliphatic carbocycles. The lowest BCUT2D eigenvalue weighted by Crippen LogP contribution is -2.40. The Morgan fingerprint density at radius 2 is 1.80 bits per heavy atom. The summed E-state index contributed by atoms with van der Waals surface area (Å²) in [4.78, 5) is 0. The summed E-state index contributed by atoms with van der Waals surface area (Å²) in [5.74, 6) is 0. The molecule has 15 heavy (non-hydrogen) atoms. The summed E-state index contributed by atoms with van der Waals surface area (Å²) in [6.07, 6.45) is 5.83. The van der Waals surface area contributed by atoms with Crippen LogP contribution in [0.25, 0.3) is 0 Å². The van der Waals surface area contributed by atoms with Crippen molar-refractivity contribution in [2.24, 2.45) is 0 Å². The van der Waals surface area contributed by atoms with Crippen LogP contribution in [0.5, 0.6) is 0 Å². The molecule has 0 bridgehead atoms. The van der Waals surface area contributed by atoms with Gasteiger partial charge in [-0.3, -0.25) is 0 Å². The Bertz CT molecular complexity index is 192. The molecule has 0 saturated carbocycles. The summed E-state index contributed by atoms with van der Waals surface area (Å²) in [7, 11) is -1.55. The molecule has 0 unspecified atom stereocenters. The summed E-state index contributed by atoms with van der Waals surface area (Å²) < 4.78 is 6.02. The van der Waals surface area contributed by atoms with E-state index in [2.05, 4.69) is 33.9 Å². The third kappa shape index (κ3) is 6.13. The van der Waals surface area contributed by atoms with E-state index in [0.717, 1.165) is 19.4 Å². The van der Waals surface area contributed by atoms with Crippen LogP contribution in [-0.4, -0.2) is 26.6 Å². The Labute approximate surface area is 95.5 Å². The molecule has 0 radical (unpaired) electrons. The first-order valence-corrected chi connectivity index (χ1v) is 8.62. The van der Waals surface area contributed by atoms with E-state index >= 15 is 0 Å². The monoisotopic (exact) mass is 230 g/mol. The highest BCUT2D eigenvalue weighted by Gasteiger charge is 2.36. The van der Waals surface area contributed by atoms with E-state index < -0.39 is 8.32 Å². The highest BCUT2D eigenvalue weighted by molar-refractivity contribution is 6.74. The van der Waals surface area contributed by atoms with E-state index in [0.29, 0.717) is 5.04 Å². The molecule has 90 valence electrons. The van der Waals surface area contributed by atoms with E-state index in [-0.39, 0.29) is 6.61 Å². The lowest BCUT2D eigenvalue weighted by Gasteiger charge is -2.36. The number of hydrogen-bond donors (Lipinski definition) is 1. The second kappa shape index (κ2) is 6.46. The van der Waals surface area contributed by atoms with Crippen LogP contribution in [0.3, 0.4) is 0 Å². The van der Waals surface area contributed by atoms with Crippen molar-refractivity contribution in [1.82, 2.24) is 0 Å². The molecule has 0 amide bonds. The first-order chi connectivity index (χ1) is 6.81. The number of aliphatic hydroxyl groups excluding tert-OH is 1. The second-order valence-electron chi connectivity index (χ2n) is 5.40. The largest absolute Gasteiger partial charge is 0.417 e. The van der Waals surface area contributed by atoms with Crippen LogP contribution in [0.4, 0.5) is 0 Å². The minimum atomic E-state index is -1.55. The van der Waals surface area contributed by atoms with Crippen LogP contribution < -0.4 is 0 Å². The Morgan fingerprint density at radius 1 is 1.20 bits per heavy atom. The fourth-order valence-electron chi connectivity index (χ4n) is 0.937. The SMILES string of the molecule is CC(C)(C)[Si](C)(C)OCCC/C=C/CO. The van der Waals surface area contributed by atoms with Gasteiger partial charge in [0.15, 0.2) is 8.32 Å². The van der Waals surface area contributed by atoms with Crippen molar-refractivity contribution in [3.8, 4) is 0 Å². The van der Waals surface area contributed by atoms with Crippen LogP contribution >= 0.6 is 0 Å². The van der Waals surface area contributed by atoms with Crippen LogP contribution in [0.15, 0.2) is 12.2 Å². The second-order valence-corrected chi connectivity index (χ2v) is 10.2. The van der Waals surface area contributed by atoms with E-state index in [4.69, 9.17) is 9.53 Å². The summed E-state index contributed by atoms with van der Waals surface area (Å²) in [5, 5.41) is 8.85. The van der Waals surface area contributed by atoms with Crippen LogP contribution in [0.1, 0.15) is 33.6 Å². The Kier molecular flexibility index (Phi) is 6.40. The number of rotatable bonds is 6. The van der Waals surface area contributed by atoms with E-state index in [9.17, 15) is 0 Å². The average Bonchev–Trinajstić information content (AvgIpc) is 2.09. The third-order valence-electron chi connectivity index (χ3n) is 3.06. The first-order valence-electron chi connectivity index (χ1n) is 5.71. The van der Waals surface area contributed by atoms with Crippen LogP contribution in [0.2, 0.25) is 18.1 Å². The van der Waals surface area contributed by atoms with Gasteiger partial charge in [0.25, 0.3) is 0 Å². The summed E-state index contributed by atoms with van der Waals surface area (Å²) in [6, 6.07) is 0. The van der Waals surface area contributed by atoms with E-state index in [1.54, 1.807) is 6.08 Å². The molecule has 0 aromatic carbocycles. The summed E-state index contributed by atoms with van der Waals surface area (Å²) in [5.41, 5.74) is 0. The van der Waals surface area contributed by atoms with Crippen molar-refractivity contribution in [2.45, 2.75) is 51.7 Å². The van der Waals surface area contributed by atoms with Gasteiger partial charge in [-0.1, -0.05) is 32.9 Å². The molecule has 0 fully saturated rings. The number of unbranched alkanes of at least 4 members (excludes halogenated alkanes) is 1. The Morgan fingerprint density at radius 3 is 2.27 bits per heavy atom. The first kappa shape index (κ1) is 14.9. The molecule has 0 aliphatic rings. The summed E-state index contributed by atoms with van der Waals surface area (Å²) in [6.45, 7) is 12.3. The van der Waals surface area contributed by atoms with Crippen LogP contribution in [-0.2, 0) is 4.43 Å². The predicted octanol–water partition coefficient (Wildman–Crippen LogP) is 3.34. The molecule has 2 nitrogen and oxygen atoms in total.